The van der Waals surface area contributed by atoms with Gasteiger partial charge in [-0.2, -0.15) is 13.2 Å². The topological polar surface area (TPSA) is 43.1 Å². The van der Waals surface area contributed by atoms with E-state index in [9.17, 15) is 18.0 Å². The summed E-state index contributed by atoms with van der Waals surface area (Å²) in [5, 5.41) is 0.182. The number of benzene rings is 1. The highest BCUT2D eigenvalue weighted by Gasteiger charge is 2.40. The Bertz CT molecular complexity index is 375. The first kappa shape index (κ1) is 10.8. The van der Waals surface area contributed by atoms with Crippen molar-refractivity contribution >= 4 is 23.1 Å². The molecule has 1 rings (SSSR count). The van der Waals surface area contributed by atoms with Gasteiger partial charge in [0, 0.05) is 10.7 Å². The van der Waals surface area contributed by atoms with Crippen LogP contribution in [-0.4, -0.2) is 12.0 Å². The van der Waals surface area contributed by atoms with Crippen molar-refractivity contribution in [3.63, 3.8) is 0 Å². The molecule has 2 nitrogen and oxygen atoms in total. The molecular weight excluding hydrogens is 219 g/mol. The number of nitrogens with two attached hydrogens (primary N) is 1. The third-order valence-electron chi connectivity index (χ3n) is 1.52. The van der Waals surface area contributed by atoms with E-state index in [1.165, 1.54) is 6.07 Å². The number of halogens is 4. The number of nitrogen functional groups attached to an aromatic ring is 1. The van der Waals surface area contributed by atoms with Crippen molar-refractivity contribution in [3.05, 3.63) is 28.8 Å². The fourth-order valence-electron chi connectivity index (χ4n) is 0.893. The number of anilines is 1. The lowest BCUT2D eigenvalue weighted by Gasteiger charge is -2.07. The molecule has 6 heteroatoms. The second-order valence-electron chi connectivity index (χ2n) is 2.56. The molecule has 1 aromatic rings. The van der Waals surface area contributed by atoms with Gasteiger partial charge in [0.05, 0.1) is 5.56 Å². The first-order chi connectivity index (χ1) is 6.32. The molecule has 0 aliphatic heterocycles. The van der Waals surface area contributed by atoms with Gasteiger partial charge in [0.15, 0.2) is 0 Å². The van der Waals surface area contributed by atoms with Crippen molar-refractivity contribution in [1.82, 2.24) is 0 Å². The molecule has 0 atom stereocenters. The van der Waals surface area contributed by atoms with Crippen molar-refractivity contribution < 1.29 is 18.0 Å². The Morgan fingerprint density at radius 1 is 1.36 bits per heavy atom. The van der Waals surface area contributed by atoms with Gasteiger partial charge in [-0.1, -0.05) is 11.6 Å². The molecule has 14 heavy (non-hydrogen) atoms. The number of rotatable bonds is 1. The zero-order valence-corrected chi connectivity index (χ0v) is 7.49. The average molecular weight is 224 g/mol. The number of Topliss-reactive ketones (excluding diaryl/α,β-unsaturated/α-hetero) is 1. The molecule has 0 saturated heterocycles. The summed E-state index contributed by atoms with van der Waals surface area (Å²) in [6.07, 6.45) is -4.91. The van der Waals surface area contributed by atoms with Crippen LogP contribution < -0.4 is 5.73 Å². The van der Waals surface area contributed by atoms with Gasteiger partial charge >= 0.3 is 6.18 Å². The third-order valence-corrected chi connectivity index (χ3v) is 1.75. The lowest BCUT2D eigenvalue weighted by atomic mass is 10.1. The Morgan fingerprint density at radius 3 is 2.36 bits per heavy atom. The van der Waals surface area contributed by atoms with Crippen LogP contribution in [0.2, 0.25) is 5.02 Å². The predicted octanol–water partition coefficient (Wildman–Crippen LogP) is 2.67. The minimum Gasteiger partial charge on any atom is -0.398 e. The van der Waals surface area contributed by atoms with Crippen molar-refractivity contribution in [2.24, 2.45) is 0 Å². The Hall–Kier alpha value is -1.23. The maximum Gasteiger partial charge on any atom is 0.454 e. The fourth-order valence-corrected chi connectivity index (χ4v) is 1.07. The van der Waals surface area contributed by atoms with E-state index in [0.29, 0.717) is 0 Å². The van der Waals surface area contributed by atoms with E-state index in [0.717, 1.165) is 12.1 Å². The summed E-state index contributed by atoms with van der Waals surface area (Å²) in [5.41, 5.74) is 4.35. The largest absolute Gasteiger partial charge is 0.454 e. The standard InChI is InChI=1S/C8H5ClF3NO/c9-4-1-2-5(6(13)3-4)7(14)8(10,11)12/h1-3H,13H2. The quantitative estimate of drug-likeness (QED) is 0.588. The molecule has 0 aliphatic carbocycles. The van der Waals surface area contributed by atoms with Crippen LogP contribution in [0.3, 0.4) is 0 Å². The van der Waals surface area contributed by atoms with Crippen LogP contribution in [0, 0.1) is 0 Å². The Morgan fingerprint density at radius 2 is 1.93 bits per heavy atom. The highest BCUT2D eigenvalue weighted by atomic mass is 35.5. The monoisotopic (exact) mass is 223 g/mol. The minimum absolute atomic E-state index is 0.182. The number of carbonyl (C=O) groups excluding carboxylic acids is 1. The third kappa shape index (κ3) is 2.17. The lowest BCUT2D eigenvalue weighted by Crippen LogP contribution is -2.23. The van der Waals surface area contributed by atoms with E-state index in [-0.39, 0.29) is 10.7 Å². The van der Waals surface area contributed by atoms with Gasteiger partial charge in [-0.15, -0.1) is 0 Å². The molecule has 0 radical (unpaired) electrons. The molecule has 1 aromatic carbocycles. The number of alkyl halides is 3. The molecule has 0 unspecified atom stereocenters. The van der Waals surface area contributed by atoms with Gasteiger partial charge in [0.1, 0.15) is 0 Å². The number of carbonyl (C=O) groups is 1. The molecule has 0 amide bonds. The number of hydrogen-bond acceptors (Lipinski definition) is 2. The van der Waals surface area contributed by atoms with E-state index in [1.54, 1.807) is 0 Å². The predicted molar refractivity (Wildman–Crippen MR) is 46.2 cm³/mol. The first-order valence-corrected chi connectivity index (χ1v) is 3.86. The van der Waals surface area contributed by atoms with Crippen LogP contribution in [0.5, 0.6) is 0 Å². The molecular formula is C8H5ClF3NO. The van der Waals surface area contributed by atoms with E-state index in [4.69, 9.17) is 17.3 Å². The van der Waals surface area contributed by atoms with Crippen LogP contribution in [0.4, 0.5) is 18.9 Å². The Kier molecular flexibility index (Phi) is 2.71. The summed E-state index contributed by atoms with van der Waals surface area (Å²) in [6, 6.07) is 3.23. The van der Waals surface area contributed by atoms with Crippen molar-refractivity contribution in [1.29, 1.82) is 0 Å². The first-order valence-electron chi connectivity index (χ1n) is 3.49. The van der Waals surface area contributed by atoms with Crippen molar-refractivity contribution in [2.75, 3.05) is 5.73 Å². The van der Waals surface area contributed by atoms with E-state index in [1.807, 2.05) is 0 Å². The van der Waals surface area contributed by atoms with Gasteiger partial charge in [-0.25, -0.2) is 0 Å². The highest BCUT2D eigenvalue weighted by molar-refractivity contribution is 6.31. The molecule has 0 saturated carbocycles. The normalized spacial score (nSPS) is 11.4. The van der Waals surface area contributed by atoms with Gasteiger partial charge < -0.3 is 5.73 Å². The second-order valence-corrected chi connectivity index (χ2v) is 2.99. The zero-order chi connectivity index (χ0) is 10.9. The Labute approximate surface area is 82.5 Å². The van der Waals surface area contributed by atoms with Gasteiger partial charge in [-0.3, -0.25) is 4.79 Å². The molecule has 0 aliphatic rings. The summed E-state index contributed by atoms with van der Waals surface area (Å²) in [7, 11) is 0. The van der Waals surface area contributed by atoms with E-state index >= 15 is 0 Å². The van der Waals surface area contributed by atoms with Crippen LogP contribution >= 0.6 is 11.6 Å². The molecule has 0 spiro atoms. The lowest BCUT2D eigenvalue weighted by molar-refractivity contribution is -0.0884. The Balaban J connectivity index is 3.15. The van der Waals surface area contributed by atoms with Gasteiger partial charge in [0.2, 0.25) is 0 Å². The molecule has 2 N–H and O–H groups in total. The van der Waals surface area contributed by atoms with E-state index < -0.39 is 17.5 Å². The molecule has 0 bridgehead atoms. The number of hydrogen-bond donors (Lipinski definition) is 1. The van der Waals surface area contributed by atoms with Crippen LogP contribution in [0.1, 0.15) is 10.4 Å². The molecule has 76 valence electrons. The number of ketones is 1. The molecule has 0 aromatic heterocycles. The SMILES string of the molecule is Nc1cc(Cl)ccc1C(=O)C(F)(F)F. The van der Waals surface area contributed by atoms with E-state index in [2.05, 4.69) is 0 Å². The van der Waals surface area contributed by atoms with Crippen LogP contribution in [0.15, 0.2) is 18.2 Å². The molecule has 0 fully saturated rings. The summed E-state index contributed by atoms with van der Waals surface area (Å²) < 4.78 is 35.9. The van der Waals surface area contributed by atoms with Crippen LogP contribution in [0.25, 0.3) is 0 Å². The molecule has 0 heterocycles. The van der Waals surface area contributed by atoms with Gasteiger partial charge in [0.25, 0.3) is 5.78 Å². The van der Waals surface area contributed by atoms with Crippen LogP contribution in [-0.2, 0) is 0 Å². The minimum atomic E-state index is -4.91. The maximum atomic E-state index is 12.0. The second kappa shape index (κ2) is 3.49. The van der Waals surface area contributed by atoms with Gasteiger partial charge in [-0.05, 0) is 18.2 Å². The van der Waals surface area contributed by atoms with Crippen molar-refractivity contribution in [2.45, 2.75) is 6.18 Å². The highest BCUT2D eigenvalue weighted by Crippen LogP contribution is 2.26. The average Bonchev–Trinajstić information content (AvgIpc) is 2.01. The summed E-state index contributed by atoms with van der Waals surface area (Å²) in [6.45, 7) is 0. The summed E-state index contributed by atoms with van der Waals surface area (Å²) in [5.74, 6) is -1.97. The zero-order valence-electron chi connectivity index (χ0n) is 6.73. The fraction of sp³-hybridized carbons (Fsp3) is 0.125. The maximum absolute atomic E-state index is 12.0. The van der Waals surface area contributed by atoms with Crippen molar-refractivity contribution in [3.8, 4) is 0 Å². The summed E-state index contributed by atoms with van der Waals surface area (Å²) >= 11 is 5.46. The smallest absolute Gasteiger partial charge is 0.398 e. The summed E-state index contributed by atoms with van der Waals surface area (Å²) in [4.78, 5) is 10.8.